The predicted molar refractivity (Wildman–Crippen MR) is 84.8 cm³/mol. The van der Waals surface area contributed by atoms with Crippen molar-refractivity contribution >= 4 is 23.2 Å². The van der Waals surface area contributed by atoms with Crippen molar-refractivity contribution in [2.75, 3.05) is 32.4 Å². The van der Waals surface area contributed by atoms with Crippen LogP contribution in [0.3, 0.4) is 0 Å². The third-order valence-electron chi connectivity index (χ3n) is 3.18. The van der Waals surface area contributed by atoms with Gasteiger partial charge in [0.05, 0.1) is 12.1 Å². The molecule has 0 aromatic carbocycles. The van der Waals surface area contributed by atoms with Crippen LogP contribution in [0.15, 0.2) is 0 Å². The van der Waals surface area contributed by atoms with Crippen LogP contribution in [0, 0.1) is 40.4 Å². The lowest BCUT2D eigenvalue weighted by Crippen LogP contribution is -2.22. The summed E-state index contributed by atoms with van der Waals surface area (Å²) in [5.41, 5.74) is 0. The van der Waals surface area contributed by atoms with E-state index in [9.17, 15) is 0 Å². The number of hydrogen-bond donors (Lipinski definition) is 0. The Hall–Kier alpha value is -0.480. The quantitative estimate of drug-likeness (QED) is 0.638. The Kier molecular flexibility index (Phi) is 12.0. The van der Waals surface area contributed by atoms with Crippen molar-refractivity contribution in [3.05, 3.63) is 0 Å². The molecule has 114 valence electrons. The topological polar surface area (TPSA) is 50.8 Å². The Labute approximate surface area is 133 Å². The smallest absolute Gasteiger partial charge is 0.0625 e. The molecule has 1 saturated carbocycles. The molecule has 0 heterocycles. The first kappa shape index (κ1) is 19.5. The normalized spacial score (nSPS) is 16.6. The summed E-state index contributed by atoms with van der Waals surface area (Å²) in [6, 6.07) is 4.28. The first-order chi connectivity index (χ1) is 9.57. The number of nitriles is 2. The molecule has 2 unspecified atom stereocenters. The molecule has 2 atom stereocenters. The lowest BCUT2D eigenvalue weighted by molar-refractivity contribution is 0.344. The summed E-state index contributed by atoms with van der Waals surface area (Å²) in [4.78, 5) is 2.05. The zero-order chi connectivity index (χ0) is 15.4. The second kappa shape index (κ2) is 12.3. The lowest BCUT2D eigenvalue weighted by atomic mass is 10.0. The van der Waals surface area contributed by atoms with Gasteiger partial charge in [0.2, 0.25) is 0 Å². The highest BCUT2D eigenvalue weighted by molar-refractivity contribution is 6.18. The highest BCUT2D eigenvalue weighted by Crippen LogP contribution is 2.36. The van der Waals surface area contributed by atoms with E-state index in [1.54, 1.807) is 0 Å². The van der Waals surface area contributed by atoms with Gasteiger partial charge in [0, 0.05) is 31.1 Å². The zero-order valence-corrected chi connectivity index (χ0v) is 14.0. The largest absolute Gasteiger partial charge is 0.309 e. The summed E-state index contributed by atoms with van der Waals surface area (Å²) >= 11 is 11.3. The molecule has 0 N–H and O–H groups in total. The van der Waals surface area contributed by atoms with Crippen molar-refractivity contribution in [2.24, 2.45) is 17.8 Å². The molecule has 0 aromatic rings. The van der Waals surface area contributed by atoms with E-state index in [1.165, 1.54) is 19.3 Å². The van der Waals surface area contributed by atoms with Gasteiger partial charge in [0.15, 0.2) is 0 Å². The molecule has 3 nitrogen and oxygen atoms in total. The Morgan fingerprint density at radius 3 is 1.90 bits per heavy atom. The van der Waals surface area contributed by atoms with Crippen molar-refractivity contribution in [1.82, 2.24) is 4.90 Å². The summed E-state index contributed by atoms with van der Waals surface area (Å²) in [5.74, 6) is 2.91. The summed E-state index contributed by atoms with van der Waals surface area (Å²) in [7, 11) is 3.97. The van der Waals surface area contributed by atoms with Crippen LogP contribution in [-0.2, 0) is 0 Å². The molecule has 5 heteroatoms. The molecule has 1 aliphatic carbocycles. The molecule has 0 spiro atoms. The van der Waals surface area contributed by atoms with E-state index < -0.39 is 0 Å². The Bertz CT molecular complexity index is 292. The van der Waals surface area contributed by atoms with Gasteiger partial charge in [-0.15, -0.1) is 23.2 Å². The summed E-state index contributed by atoms with van der Waals surface area (Å²) in [5, 5.41) is 16.7. The molecule has 1 rings (SSSR count). The van der Waals surface area contributed by atoms with Crippen molar-refractivity contribution < 1.29 is 0 Å². The molecule has 0 aliphatic heterocycles. The highest BCUT2D eigenvalue weighted by Gasteiger charge is 2.24. The van der Waals surface area contributed by atoms with Crippen molar-refractivity contribution in [2.45, 2.75) is 32.1 Å². The molecule has 0 bridgehead atoms. The molecular formula is C15H25Cl2N3. The van der Waals surface area contributed by atoms with Crippen LogP contribution in [0.2, 0.25) is 0 Å². The van der Waals surface area contributed by atoms with Gasteiger partial charge in [-0.3, -0.25) is 0 Å². The third-order valence-corrected chi connectivity index (χ3v) is 4.06. The molecular weight excluding hydrogens is 293 g/mol. The van der Waals surface area contributed by atoms with Gasteiger partial charge < -0.3 is 4.90 Å². The number of nitrogens with zero attached hydrogens (tertiary/aromatic N) is 3. The van der Waals surface area contributed by atoms with Gasteiger partial charge in [-0.1, -0.05) is 12.8 Å². The summed E-state index contributed by atoms with van der Waals surface area (Å²) in [6.07, 6.45) is 5.09. The second-order valence-electron chi connectivity index (χ2n) is 5.71. The van der Waals surface area contributed by atoms with Crippen LogP contribution in [0.25, 0.3) is 0 Å². The predicted octanol–water partition coefficient (Wildman–Crippen LogP) is 3.87. The zero-order valence-electron chi connectivity index (χ0n) is 12.5. The molecule has 0 aromatic heterocycles. The van der Waals surface area contributed by atoms with Gasteiger partial charge in [0.25, 0.3) is 0 Å². The fraction of sp³-hybridized carbons (Fsp3) is 0.867. The third kappa shape index (κ3) is 11.4. The molecule has 20 heavy (non-hydrogen) atoms. The van der Waals surface area contributed by atoms with Crippen LogP contribution >= 0.6 is 23.2 Å². The first-order valence-corrected chi connectivity index (χ1v) is 8.14. The van der Waals surface area contributed by atoms with Crippen molar-refractivity contribution in [1.29, 1.82) is 10.5 Å². The standard InChI is InChI=1S/C8H12ClN.C7H13ClN2/c9-6-8(3-4-10)5-7-1-2-7;1-10(2)6-7(5-8)3-4-9/h7-8H,1-3,5-6H2;7H,3,5-6H2,1-2H3. The van der Waals surface area contributed by atoms with Crippen molar-refractivity contribution in [3.8, 4) is 12.1 Å². The van der Waals surface area contributed by atoms with Crippen LogP contribution < -0.4 is 0 Å². The van der Waals surface area contributed by atoms with Crippen LogP contribution in [-0.4, -0.2) is 37.3 Å². The van der Waals surface area contributed by atoms with Crippen LogP contribution in [0.5, 0.6) is 0 Å². The Balaban J connectivity index is 0.000000361. The van der Waals surface area contributed by atoms with E-state index in [1.807, 2.05) is 19.0 Å². The maximum absolute atomic E-state index is 8.39. The average Bonchev–Trinajstić information content (AvgIpc) is 3.22. The van der Waals surface area contributed by atoms with Gasteiger partial charge >= 0.3 is 0 Å². The first-order valence-electron chi connectivity index (χ1n) is 7.07. The molecule has 0 amide bonds. The Morgan fingerprint density at radius 2 is 1.55 bits per heavy atom. The summed E-state index contributed by atoms with van der Waals surface area (Å²) < 4.78 is 0. The van der Waals surface area contributed by atoms with Crippen molar-refractivity contribution in [3.63, 3.8) is 0 Å². The van der Waals surface area contributed by atoms with E-state index in [0.717, 1.165) is 12.5 Å². The van der Waals surface area contributed by atoms with Crippen LogP contribution in [0.4, 0.5) is 0 Å². The van der Waals surface area contributed by atoms with E-state index in [2.05, 4.69) is 12.1 Å². The molecule has 1 fully saturated rings. The van der Waals surface area contributed by atoms with E-state index >= 15 is 0 Å². The van der Waals surface area contributed by atoms with E-state index in [-0.39, 0.29) is 0 Å². The maximum Gasteiger partial charge on any atom is 0.0625 e. The summed E-state index contributed by atoms with van der Waals surface area (Å²) in [6.45, 7) is 0.900. The fourth-order valence-electron chi connectivity index (χ4n) is 1.97. The Morgan fingerprint density at radius 1 is 1.05 bits per heavy atom. The number of alkyl halides is 2. The number of rotatable bonds is 8. The van der Waals surface area contributed by atoms with E-state index in [4.69, 9.17) is 33.7 Å². The molecule has 0 saturated heterocycles. The minimum atomic E-state index is 0.321. The van der Waals surface area contributed by atoms with E-state index in [0.29, 0.717) is 36.4 Å². The second-order valence-corrected chi connectivity index (χ2v) is 6.32. The van der Waals surface area contributed by atoms with Gasteiger partial charge in [-0.2, -0.15) is 10.5 Å². The maximum atomic E-state index is 8.39. The SMILES string of the molecule is CN(C)CC(CCl)CC#N.N#CCC(CCl)CC1CC1. The molecule has 1 aliphatic rings. The highest BCUT2D eigenvalue weighted by atomic mass is 35.5. The van der Waals surface area contributed by atoms with Gasteiger partial charge in [-0.25, -0.2) is 0 Å². The fourth-order valence-corrected chi connectivity index (χ4v) is 2.41. The minimum absolute atomic E-state index is 0.321. The monoisotopic (exact) mass is 317 g/mol. The number of halogens is 2. The van der Waals surface area contributed by atoms with Gasteiger partial charge in [-0.05, 0) is 38.3 Å². The molecule has 0 radical (unpaired) electrons. The average molecular weight is 318 g/mol. The number of hydrogen-bond acceptors (Lipinski definition) is 3. The van der Waals surface area contributed by atoms with Gasteiger partial charge in [0.1, 0.15) is 0 Å². The minimum Gasteiger partial charge on any atom is -0.309 e. The lowest BCUT2D eigenvalue weighted by Gasteiger charge is -2.15. The van der Waals surface area contributed by atoms with Crippen LogP contribution in [0.1, 0.15) is 32.1 Å².